The second kappa shape index (κ2) is 8.15. The van der Waals surface area contributed by atoms with Crippen molar-refractivity contribution in [1.29, 1.82) is 0 Å². The number of aliphatic hydroxyl groups is 1. The first-order valence-electron chi connectivity index (χ1n) is 4.64. The summed E-state index contributed by atoms with van der Waals surface area (Å²) in [5.41, 5.74) is 1.50. The van der Waals surface area contributed by atoms with E-state index in [1.807, 2.05) is 0 Å². The largest absolute Gasteiger partial charge is 0.469 e. The molecule has 0 amide bonds. The van der Waals surface area contributed by atoms with Gasteiger partial charge >= 0.3 is 7.82 Å². The van der Waals surface area contributed by atoms with E-state index in [4.69, 9.17) is 14.9 Å². The second-order valence-electron chi connectivity index (χ2n) is 3.21. The first-order chi connectivity index (χ1) is 6.99. The lowest BCUT2D eigenvalue weighted by Crippen LogP contribution is -2.14. The fraction of sp³-hybridized carbons (Fsp3) is 1.00. The van der Waals surface area contributed by atoms with Crippen LogP contribution in [0.2, 0.25) is 0 Å². The van der Waals surface area contributed by atoms with Gasteiger partial charge in [-0.3, -0.25) is 4.52 Å². The molecule has 92 valence electrons. The lowest BCUT2D eigenvalue weighted by atomic mass is 10.0. The molecule has 0 aromatic rings. The third kappa shape index (κ3) is 10.2. The smallest absolute Gasteiger partial charge is 0.396 e. The molecular formula is C7H17FNO5P. The van der Waals surface area contributed by atoms with Gasteiger partial charge in [0.05, 0.1) is 6.61 Å². The van der Waals surface area contributed by atoms with Crippen LogP contribution in [0.5, 0.6) is 0 Å². The Balaban J connectivity index is 3.59. The van der Waals surface area contributed by atoms with Crippen molar-refractivity contribution in [3.8, 4) is 0 Å². The van der Waals surface area contributed by atoms with Gasteiger partial charge in [0.15, 0.2) is 0 Å². The summed E-state index contributed by atoms with van der Waals surface area (Å²) in [7, 11) is -4.46. The van der Waals surface area contributed by atoms with Crippen LogP contribution in [-0.4, -0.2) is 34.7 Å². The molecule has 15 heavy (non-hydrogen) atoms. The predicted octanol–water partition coefficient (Wildman–Crippen LogP) is 0.349. The van der Waals surface area contributed by atoms with Crippen LogP contribution < -0.4 is 5.54 Å². The summed E-state index contributed by atoms with van der Waals surface area (Å²) in [5, 5.41) is 8.86. The Bertz CT molecular complexity index is 200. The zero-order valence-electron chi connectivity index (χ0n) is 8.30. The maximum atomic E-state index is 11.5. The van der Waals surface area contributed by atoms with Crippen molar-refractivity contribution >= 4 is 7.82 Å². The van der Waals surface area contributed by atoms with E-state index in [1.54, 1.807) is 0 Å². The van der Waals surface area contributed by atoms with Gasteiger partial charge in [-0.15, -0.1) is 4.48 Å². The molecule has 1 atom stereocenters. The number of hydrogen-bond acceptors (Lipinski definition) is 4. The summed E-state index contributed by atoms with van der Waals surface area (Å²) in [6.07, 6.45) is 1.80. The van der Waals surface area contributed by atoms with Gasteiger partial charge in [0.25, 0.3) is 0 Å². The Hall–Kier alpha value is -0.0400. The van der Waals surface area contributed by atoms with Crippen LogP contribution in [-0.2, 0) is 9.09 Å². The zero-order chi connectivity index (χ0) is 11.7. The quantitative estimate of drug-likeness (QED) is 0.266. The van der Waals surface area contributed by atoms with E-state index in [-0.39, 0.29) is 25.7 Å². The summed E-state index contributed by atoms with van der Waals surface area (Å²) in [6.45, 7) is -0.162. The summed E-state index contributed by atoms with van der Waals surface area (Å²) in [6, 6.07) is 0. The van der Waals surface area contributed by atoms with Crippen molar-refractivity contribution < 1.29 is 28.5 Å². The number of unbranched alkanes of at least 4 members (excludes halogenated alkanes) is 1. The van der Waals surface area contributed by atoms with Gasteiger partial charge in [-0.05, 0) is 12.8 Å². The standard InChI is InChI=1S/C7H17FNO5P/c8-9-4-2-1-3-7(5-10)6-14-15(11,12)13/h7,9-10H,1-6H2,(H2,11,12,13). The summed E-state index contributed by atoms with van der Waals surface area (Å²) >= 11 is 0. The van der Waals surface area contributed by atoms with Gasteiger partial charge in [-0.25, -0.2) is 4.57 Å². The normalized spacial score (nSPS) is 14.1. The van der Waals surface area contributed by atoms with E-state index >= 15 is 0 Å². The van der Waals surface area contributed by atoms with E-state index < -0.39 is 7.82 Å². The average molecular weight is 245 g/mol. The Morgan fingerprint density at radius 2 is 2.07 bits per heavy atom. The Kier molecular flexibility index (Phi) is 8.13. The van der Waals surface area contributed by atoms with E-state index in [1.165, 1.54) is 5.54 Å². The average Bonchev–Trinajstić information content (AvgIpc) is 2.15. The van der Waals surface area contributed by atoms with Crippen LogP contribution in [0.15, 0.2) is 0 Å². The third-order valence-corrected chi connectivity index (χ3v) is 2.36. The molecule has 0 rings (SSSR count). The molecule has 0 aliphatic carbocycles. The maximum absolute atomic E-state index is 11.5. The first-order valence-corrected chi connectivity index (χ1v) is 6.17. The number of hydrogen-bond donors (Lipinski definition) is 4. The van der Waals surface area contributed by atoms with Crippen LogP contribution >= 0.6 is 7.82 Å². The minimum absolute atomic E-state index is 0.191. The monoisotopic (exact) mass is 245 g/mol. The molecule has 8 heteroatoms. The molecule has 0 heterocycles. The summed E-state index contributed by atoms with van der Waals surface area (Å²) < 4.78 is 26.1. The third-order valence-electron chi connectivity index (χ3n) is 1.87. The molecule has 0 aliphatic rings. The zero-order valence-corrected chi connectivity index (χ0v) is 9.20. The Labute approximate surface area is 87.6 Å². The molecule has 0 saturated carbocycles. The molecule has 0 aromatic carbocycles. The van der Waals surface area contributed by atoms with Crippen LogP contribution in [0, 0.1) is 5.92 Å². The SMILES string of the molecule is O=P(O)(O)OCC(CO)CCCCNF. The van der Waals surface area contributed by atoms with E-state index in [0.717, 1.165) is 0 Å². The number of nitrogens with one attached hydrogen (secondary N) is 1. The maximum Gasteiger partial charge on any atom is 0.469 e. The molecule has 4 N–H and O–H groups in total. The van der Waals surface area contributed by atoms with Gasteiger partial charge in [0.2, 0.25) is 0 Å². The van der Waals surface area contributed by atoms with Crippen molar-refractivity contribution in [1.82, 2.24) is 5.54 Å². The van der Waals surface area contributed by atoms with Gasteiger partial charge < -0.3 is 14.9 Å². The van der Waals surface area contributed by atoms with E-state index in [0.29, 0.717) is 19.3 Å². The Morgan fingerprint density at radius 1 is 1.40 bits per heavy atom. The number of halogens is 1. The molecule has 0 aliphatic heterocycles. The molecule has 6 nitrogen and oxygen atoms in total. The highest BCUT2D eigenvalue weighted by Gasteiger charge is 2.17. The van der Waals surface area contributed by atoms with Crippen LogP contribution in [0.25, 0.3) is 0 Å². The minimum atomic E-state index is -4.46. The van der Waals surface area contributed by atoms with Gasteiger partial charge in [0, 0.05) is 19.1 Å². The second-order valence-corrected chi connectivity index (χ2v) is 4.45. The molecule has 0 saturated heterocycles. The predicted molar refractivity (Wildman–Crippen MR) is 51.5 cm³/mol. The first kappa shape index (κ1) is 15.0. The van der Waals surface area contributed by atoms with Crippen LogP contribution in [0.1, 0.15) is 19.3 Å². The highest BCUT2D eigenvalue weighted by molar-refractivity contribution is 7.46. The van der Waals surface area contributed by atoms with Crippen LogP contribution in [0.4, 0.5) is 4.48 Å². The number of phosphoric ester groups is 1. The van der Waals surface area contributed by atoms with Crippen molar-refractivity contribution in [2.24, 2.45) is 5.92 Å². The fourth-order valence-corrected chi connectivity index (χ4v) is 1.46. The lowest BCUT2D eigenvalue weighted by molar-refractivity contribution is 0.123. The molecule has 0 bridgehead atoms. The number of aliphatic hydroxyl groups excluding tert-OH is 1. The lowest BCUT2D eigenvalue weighted by Gasteiger charge is -2.14. The number of phosphoric acid groups is 1. The van der Waals surface area contributed by atoms with Crippen molar-refractivity contribution in [2.45, 2.75) is 19.3 Å². The molecule has 1 unspecified atom stereocenters. The van der Waals surface area contributed by atoms with E-state index in [9.17, 15) is 9.05 Å². The highest BCUT2D eigenvalue weighted by Crippen LogP contribution is 2.36. The minimum Gasteiger partial charge on any atom is -0.396 e. The van der Waals surface area contributed by atoms with Gasteiger partial charge in [0.1, 0.15) is 0 Å². The molecule has 0 fully saturated rings. The Morgan fingerprint density at radius 3 is 2.53 bits per heavy atom. The van der Waals surface area contributed by atoms with Gasteiger partial charge in [-0.2, -0.15) is 5.54 Å². The van der Waals surface area contributed by atoms with Crippen molar-refractivity contribution in [3.63, 3.8) is 0 Å². The van der Waals surface area contributed by atoms with Gasteiger partial charge in [-0.1, -0.05) is 6.42 Å². The number of rotatable bonds is 9. The van der Waals surface area contributed by atoms with E-state index in [2.05, 4.69) is 4.52 Å². The molecule has 0 radical (unpaired) electrons. The van der Waals surface area contributed by atoms with Crippen LogP contribution in [0.3, 0.4) is 0 Å². The fourth-order valence-electron chi connectivity index (χ4n) is 1.05. The summed E-state index contributed by atoms with van der Waals surface area (Å²) in [5.74, 6) is -0.322. The highest BCUT2D eigenvalue weighted by atomic mass is 31.2. The molecule has 0 aromatic heterocycles. The summed E-state index contributed by atoms with van der Waals surface area (Å²) in [4.78, 5) is 16.8. The topological polar surface area (TPSA) is 99.0 Å². The van der Waals surface area contributed by atoms with Crippen molar-refractivity contribution in [2.75, 3.05) is 19.8 Å². The molecule has 0 spiro atoms. The molecular weight excluding hydrogens is 228 g/mol. The van der Waals surface area contributed by atoms with Crippen molar-refractivity contribution in [3.05, 3.63) is 0 Å².